The molecule has 0 saturated heterocycles. The molecule has 0 aliphatic heterocycles. The van der Waals surface area contributed by atoms with Crippen LogP contribution < -0.4 is 0 Å². The minimum atomic E-state index is -2.15. The third kappa shape index (κ3) is 10.1. The minimum absolute atomic E-state index is 0.00228. The van der Waals surface area contributed by atoms with E-state index in [1.54, 1.807) is 5.57 Å². The molecule has 7 heteroatoms. The molecular formula is C41H72O4Si3. The van der Waals surface area contributed by atoms with E-state index in [9.17, 15) is 4.79 Å². The molecule has 0 bridgehead atoms. The van der Waals surface area contributed by atoms with Crippen molar-refractivity contribution >= 4 is 30.7 Å². The third-order valence-corrected chi connectivity index (χ3v) is 22.2. The fraction of sp³-hybridized carbons (Fsp3) is 0.780. The molecule has 5 atom stereocenters. The smallest absolute Gasteiger partial charge is 0.193 e. The van der Waals surface area contributed by atoms with Gasteiger partial charge in [0.25, 0.3) is 0 Å². The number of fused-ring (bicyclic) bond motifs is 1. The van der Waals surface area contributed by atoms with Crippen molar-refractivity contribution < 1.29 is 18.1 Å². The number of carbonyl (C=O) groups is 1. The number of rotatable bonds is 9. The van der Waals surface area contributed by atoms with Gasteiger partial charge in [-0.25, -0.2) is 0 Å². The summed E-state index contributed by atoms with van der Waals surface area (Å²) in [6, 6.07) is 0. The Kier molecular flexibility index (Phi) is 12.5. The van der Waals surface area contributed by atoms with Crippen LogP contribution in [0.5, 0.6) is 0 Å². The summed E-state index contributed by atoms with van der Waals surface area (Å²) >= 11 is 0. The van der Waals surface area contributed by atoms with Crippen LogP contribution in [0.25, 0.3) is 0 Å². The molecule has 272 valence electrons. The Morgan fingerprint density at radius 3 is 2.08 bits per heavy atom. The molecule has 3 aliphatic carbocycles. The van der Waals surface area contributed by atoms with Crippen molar-refractivity contribution in [1.29, 1.82) is 0 Å². The normalized spacial score (nSPS) is 28.6. The lowest BCUT2D eigenvalue weighted by atomic mass is 9.62. The number of allylic oxidation sites excluding steroid dienone is 5. The van der Waals surface area contributed by atoms with E-state index >= 15 is 0 Å². The average molecular weight is 713 g/mol. The lowest BCUT2D eigenvalue weighted by molar-refractivity contribution is -0.126. The second-order valence-electron chi connectivity index (χ2n) is 20.0. The molecule has 0 N–H and O–H groups in total. The van der Waals surface area contributed by atoms with E-state index in [-0.39, 0.29) is 27.4 Å². The Labute approximate surface area is 299 Å². The first-order valence-corrected chi connectivity index (χ1v) is 28.0. The first-order valence-electron chi connectivity index (χ1n) is 18.8. The summed E-state index contributed by atoms with van der Waals surface area (Å²) in [5.74, 6) is 8.02. The molecule has 0 aromatic rings. The van der Waals surface area contributed by atoms with Gasteiger partial charge in [0, 0.05) is 24.8 Å². The number of carbonyl (C=O) groups excluding carboxylic acids is 1. The fourth-order valence-corrected chi connectivity index (χ4v) is 11.8. The van der Waals surface area contributed by atoms with E-state index < -0.39 is 36.7 Å². The van der Waals surface area contributed by atoms with Gasteiger partial charge in [-0.1, -0.05) is 96.6 Å². The SMILES string of the molecule is C[C@@H](CC#CC(C)(C)O[Si](C)(C)C)C1=CC[C@H]2/C(=C/C=C3/C[C@@H](O[Si](C)(C)C(C)(C)C)C[C@H](O[Si](C)(C)C(C)(C)C)C3=O)CCC[C@]12C. The number of Topliss-reactive ketones (excluding diaryl/α,β-unsaturated/α-hetero) is 1. The van der Waals surface area contributed by atoms with E-state index in [1.807, 2.05) is 0 Å². The van der Waals surface area contributed by atoms with Crippen molar-refractivity contribution in [3.8, 4) is 11.8 Å². The second-order valence-corrected chi connectivity index (χ2v) is 33.9. The molecule has 4 nitrogen and oxygen atoms in total. The van der Waals surface area contributed by atoms with Crippen LogP contribution in [0.3, 0.4) is 0 Å². The summed E-state index contributed by atoms with van der Waals surface area (Å²) in [5, 5.41) is 0.142. The molecule has 0 aromatic heterocycles. The zero-order valence-corrected chi connectivity index (χ0v) is 37.1. The van der Waals surface area contributed by atoms with Gasteiger partial charge in [0.2, 0.25) is 0 Å². The molecule has 0 aromatic carbocycles. The molecule has 48 heavy (non-hydrogen) atoms. The Morgan fingerprint density at radius 2 is 1.52 bits per heavy atom. The van der Waals surface area contributed by atoms with Crippen LogP contribution in [0, 0.1) is 29.1 Å². The van der Waals surface area contributed by atoms with Crippen molar-refractivity contribution in [3.63, 3.8) is 0 Å². The van der Waals surface area contributed by atoms with Gasteiger partial charge < -0.3 is 13.3 Å². The quantitative estimate of drug-likeness (QED) is 0.103. The maximum absolute atomic E-state index is 14.1. The Balaban J connectivity index is 1.86. The molecule has 0 amide bonds. The van der Waals surface area contributed by atoms with Crippen molar-refractivity contribution in [2.24, 2.45) is 17.3 Å². The van der Waals surface area contributed by atoms with Crippen LogP contribution in [-0.2, 0) is 18.1 Å². The molecule has 0 unspecified atom stereocenters. The van der Waals surface area contributed by atoms with Gasteiger partial charge in [-0.15, -0.1) is 0 Å². The highest BCUT2D eigenvalue weighted by Crippen LogP contribution is 2.57. The van der Waals surface area contributed by atoms with Crippen molar-refractivity contribution in [2.45, 2.75) is 188 Å². The summed E-state index contributed by atoms with van der Waals surface area (Å²) in [4.78, 5) is 14.1. The standard InChI is InChI=1S/C41H72O4Si3/c1-30(20-18-26-40(8,9)45-46(11,12)13)34-24-25-35-31(21-19-27-41(34,35)10)22-23-32-28-33(43-47(14,15)38(2,3)4)29-36(37(32)42)44-48(16,17)39(5,6)7/h22-24,30,33,35-36H,19-21,25,27-29H2,1-17H3/b31-22+,32-23-/t30-,33+,35-,36-,41+/m0/s1. The summed E-state index contributed by atoms with van der Waals surface area (Å²) in [6.07, 6.45) is 13.3. The van der Waals surface area contributed by atoms with Gasteiger partial charge in [0.15, 0.2) is 30.7 Å². The highest BCUT2D eigenvalue weighted by atomic mass is 28.4. The summed E-state index contributed by atoms with van der Waals surface area (Å²) in [5.41, 5.74) is 3.68. The Bertz CT molecular complexity index is 1340. The molecular weight excluding hydrogens is 641 g/mol. The molecule has 3 rings (SSSR count). The maximum atomic E-state index is 14.1. The molecule has 0 spiro atoms. The van der Waals surface area contributed by atoms with Crippen LogP contribution in [0.4, 0.5) is 0 Å². The lowest BCUT2D eigenvalue weighted by Crippen LogP contribution is -2.51. The van der Waals surface area contributed by atoms with Gasteiger partial charge in [-0.3, -0.25) is 4.79 Å². The highest BCUT2D eigenvalue weighted by molar-refractivity contribution is 6.74. The molecule has 2 saturated carbocycles. The van der Waals surface area contributed by atoms with Crippen LogP contribution in [-0.4, -0.2) is 48.5 Å². The lowest BCUT2D eigenvalue weighted by Gasteiger charge is -2.44. The van der Waals surface area contributed by atoms with Gasteiger partial charge in [0.05, 0.1) is 6.10 Å². The minimum Gasteiger partial charge on any atom is -0.413 e. The van der Waals surface area contributed by atoms with E-state index in [4.69, 9.17) is 13.3 Å². The molecule has 0 heterocycles. The second kappa shape index (κ2) is 14.5. The highest BCUT2D eigenvalue weighted by Gasteiger charge is 2.48. The monoisotopic (exact) mass is 712 g/mol. The fourth-order valence-electron chi connectivity index (χ4n) is 7.59. The van der Waals surface area contributed by atoms with Gasteiger partial charge in [-0.2, -0.15) is 0 Å². The van der Waals surface area contributed by atoms with E-state index in [0.29, 0.717) is 24.7 Å². The van der Waals surface area contributed by atoms with Gasteiger partial charge in [-0.05, 0) is 113 Å². The average Bonchev–Trinajstić information content (AvgIpc) is 3.24. The third-order valence-electron chi connectivity index (χ3n) is 12.0. The first kappa shape index (κ1) is 41.4. The molecule has 3 aliphatic rings. The zero-order valence-electron chi connectivity index (χ0n) is 34.1. The topological polar surface area (TPSA) is 44.8 Å². The predicted molar refractivity (Wildman–Crippen MR) is 213 cm³/mol. The number of ketones is 1. The van der Waals surface area contributed by atoms with E-state index in [1.165, 1.54) is 18.4 Å². The van der Waals surface area contributed by atoms with Gasteiger partial charge in [0.1, 0.15) is 11.7 Å². The zero-order chi connectivity index (χ0) is 36.7. The summed E-state index contributed by atoms with van der Waals surface area (Å²) in [7, 11) is -5.84. The van der Waals surface area contributed by atoms with Crippen molar-refractivity contribution in [1.82, 2.24) is 0 Å². The summed E-state index contributed by atoms with van der Waals surface area (Å²) in [6.45, 7) is 38.5. The summed E-state index contributed by atoms with van der Waals surface area (Å²) < 4.78 is 20.2. The van der Waals surface area contributed by atoms with Crippen LogP contribution in [0.15, 0.2) is 34.9 Å². The predicted octanol–water partition coefficient (Wildman–Crippen LogP) is 11.8. The van der Waals surface area contributed by atoms with Gasteiger partial charge >= 0.3 is 0 Å². The van der Waals surface area contributed by atoms with Crippen LogP contribution in [0.2, 0.25) is 55.9 Å². The maximum Gasteiger partial charge on any atom is 0.193 e. The van der Waals surface area contributed by atoms with E-state index in [0.717, 1.165) is 24.8 Å². The largest absolute Gasteiger partial charge is 0.413 e. The molecule has 2 fully saturated rings. The Hall–Kier alpha value is -1.02. The van der Waals surface area contributed by atoms with E-state index in [2.05, 4.69) is 145 Å². The number of hydrogen-bond acceptors (Lipinski definition) is 4. The Morgan fingerprint density at radius 1 is 0.938 bits per heavy atom. The van der Waals surface area contributed by atoms with Crippen LogP contribution in [0.1, 0.15) is 114 Å². The first-order chi connectivity index (χ1) is 21.6. The van der Waals surface area contributed by atoms with Crippen LogP contribution >= 0.6 is 0 Å². The van der Waals surface area contributed by atoms with Crippen molar-refractivity contribution in [3.05, 3.63) is 34.9 Å². The number of hydrogen-bond donors (Lipinski definition) is 0. The molecule has 0 radical (unpaired) electrons. The van der Waals surface area contributed by atoms with Crippen molar-refractivity contribution in [2.75, 3.05) is 0 Å².